The minimum absolute atomic E-state index is 0.0491. The van der Waals surface area contributed by atoms with Crippen molar-refractivity contribution in [3.8, 4) is 0 Å². The number of hydrogen-bond acceptors (Lipinski definition) is 1. The van der Waals surface area contributed by atoms with Gasteiger partial charge in [0, 0.05) is 13.0 Å². The van der Waals surface area contributed by atoms with Crippen LogP contribution in [0.5, 0.6) is 0 Å². The molecule has 0 aliphatic heterocycles. The van der Waals surface area contributed by atoms with Gasteiger partial charge in [-0.25, -0.2) is 8.78 Å². The highest BCUT2D eigenvalue weighted by molar-refractivity contribution is 5.95. The second-order valence-corrected chi connectivity index (χ2v) is 5.77. The SMILES string of the molecule is C=C1c2ccccc2C(=C)C1NCc1ccccc1CC(F)F. The van der Waals surface area contributed by atoms with Crippen LogP contribution in [0.2, 0.25) is 0 Å². The van der Waals surface area contributed by atoms with Crippen molar-refractivity contribution >= 4 is 11.1 Å². The summed E-state index contributed by atoms with van der Waals surface area (Å²) in [5.41, 5.74) is 5.76. The van der Waals surface area contributed by atoms with Gasteiger partial charge in [-0.3, -0.25) is 0 Å². The Morgan fingerprint density at radius 1 is 0.870 bits per heavy atom. The summed E-state index contributed by atoms with van der Waals surface area (Å²) in [7, 11) is 0. The number of halogens is 2. The van der Waals surface area contributed by atoms with Crippen molar-refractivity contribution < 1.29 is 8.78 Å². The minimum atomic E-state index is -2.34. The van der Waals surface area contributed by atoms with Crippen LogP contribution >= 0.6 is 0 Å². The fourth-order valence-electron chi connectivity index (χ4n) is 3.12. The molecule has 1 aliphatic rings. The second-order valence-electron chi connectivity index (χ2n) is 5.77. The molecule has 3 rings (SSSR count). The average molecular weight is 311 g/mol. The van der Waals surface area contributed by atoms with E-state index < -0.39 is 6.43 Å². The molecular formula is C20H19F2N. The van der Waals surface area contributed by atoms with Crippen LogP contribution in [0.4, 0.5) is 8.78 Å². The number of rotatable bonds is 5. The third-order valence-electron chi connectivity index (χ3n) is 4.31. The van der Waals surface area contributed by atoms with E-state index in [0.717, 1.165) is 27.8 Å². The summed E-state index contributed by atoms with van der Waals surface area (Å²) >= 11 is 0. The monoisotopic (exact) mass is 311 g/mol. The average Bonchev–Trinajstić information content (AvgIpc) is 2.78. The number of benzene rings is 2. The van der Waals surface area contributed by atoms with E-state index in [1.807, 2.05) is 36.4 Å². The molecule has 118 valence electrons. The third-order valence-corrected chi connectivity index (χ3v) is 4.31. The molecule has 3 heteroatoms. The van der Waals surface area contributed by atoms with Crippen molar-refractivity contribution in [3.63, 3.8) is 0 Å². The Morgan fingerprint density at radius 2 is 1.39 bits per heavy atom. The Bertz CT molecular complexity index is 714. The van der Waals surface area contributed by atoms with Gasteiger partial charge < -0.3 is 5.32 Å². The number of nitrogens with one attached hydrogen (secondary N) is 1. The molecule has 0 spiro atoms. The van der Waals surface area contributed by atoms with E-state index in [0.29, 0.717) is 12.1 Å². The summed E-state index contributed by atoms with van der Waals surface area (Å²) in [6.07, 6.45) is -2.55. The van der Waals surface area contributed by atoms with Gasteiger partial charge in [-0.1, -0.05) is 61.7 Å². The van der Waals surface area contributed by atoms with Crippen molar-refractivity contribution in [1.82, 2.24) is 5.32 Å². The van der Waals surface area contributed by atoms with E-state index in [1.54, 1.807) is 12.1 Å². The summed E-state index contributed by atoms with van der Waals surface area (Å²) in [4.78, 5) is 0. The lowest BCUT2D eigenvalue weighted by atomic mass is 10.0. The molecule has 0 saturated carbocycles. The molecule has 23 heavy (non-hydrogen) atoms. The van der Waals surface area contributed by atoms with Crippen LogP contribution < -0.4 is 5.32 Å². The van der Waals surface area contributed by atoms with Gasteiger partial charge in [0.25, 0.3) is 0 Å². The summed E-state index contributed by atoms with van der Waals surface area (Å²) in [5.74, 6) is 0. The highest BCUT2D eigenvalue weighted by atomic mass is 19.3. The number of alkyl halides is 2. The van der Waals surface area contributed by atoms with Gasteiger partial charge in [-0.15, -0.1) is 0 Å². The highest BCUT2D eigenvalue weighted by Gasteiger charge is 2.28. The summed E-state index contributed by atoms with van der Waals surface area (Å²) < 4.78 is 25.4. The van der Waals surface area contributed by atoms with Gasteiger partial charge in [0.1, 0.15) is 0 Å². The largest absolute Gasteiger partial charge is 0.302 e. The van der Waals surface area contributed by atoms with Gasteiger partial charge in [0.15, 0.2) is 0 Å². The lowest BCUT2D eigenvalue weighted by Crippen LogP contribution is -2.27. The van der Waals surface area contributed by atoms with Crippen LogP contribution in [-0.4, -0.2) is 12.5 Å². The Morgan fingerprint density at radius 3 is 1.96 bits per heavy atom. The van der Waals surface area contributed by atoms with Gasteiger partial charge in [0.2, 0.25) is 6.43 Å². The molecule has 0 fully saturated rings. The van der Waals surface area contributed by atoms with Gasteiger partial charge in [-0.2, -0.15) is 0 Å². The molecule has 0 amide bonds. The zero-order valence-electron chi connectivity index (χ0n) is 12.9. The summed E-state index contributed by atoms with van der Waals surface area (Å²) in [5, 5.41) is 3.41. The van der Waals surface area contributed by atoms with Crippen LogP contribution in [0.25, 0.3) is 11.1 Å². The number of hydrogen-bond donors (Lipinski definition) is 1. The summed E-state index contributed by atoms with van der Waals surface area (Å²) in [6, 6.07) is 15.3. The first-order valence-corrected chi connectivity index (χ1v) is 7.63. The van der Waals surface area contributed by atoms with Gasteiger partial charge in [0.05, 0.1) is 6.04 Å². The molecule has 2 aromatic carbocycles. The summed E-state index contributed by atoms with van der Waals surface area (Å²) in [6.45, 7) is 8.85. The zero-order valence-corrected chi connectivity index (χ0v) is 12.9. The van der Waals surface area contributed by atoms with Gasteiger partial charge >= 0.3 is 0 Å². The molecule has 1 N–H and O–H groups in total. The van der Waals surface area contributed by atoms with Crippen LogP contribution in [0.3, 0.4) is 0 Å². The maximum Gasteiger partial charge on any atom is 0.242 e. The number of fused-ring (bicyclic) bond motifs is 1. The Labute approximate surface area is 135 Å². The molecule has 0 saturated heterocycles. The normalized spacial score (nSPS) is 14.6. The molecule has 2 aromatic rings. The molecule has 1 aliphatic carbocycles. The first-order chi connectivity index (χ1) is 11.1. The maximum absolute atomic E-state index is 12.7. The van der Waals surface area contributed by atoms with Crippen LogP contribution in [0.1, 0.15) is 22.3 Å². The predicted molar refractivity (Wildman–Crippen MR) is 91.3 cm³/mol. The maximum atomic E-state index is 12.7. The van der Waals surface area contributed by atoms with Crippen molar-refractivity contribution in [2.45, 2.75) is 25.4 Å². The van der Waals surface area contributed by atoms with Crippen molar-refractivity contribution in [2.75, 3.05) is 0 Å². The Kier molecular flexibility index (Phi) is 4.39. The van der Waals surface area contributed by atoms with Gasteiger partial charge in [-0.05, 0) is 33.4 Å². The highest BCUT2D eigenvalue weighted by Crippen LogP contribution is 2.38. The molecule has 0 aromatic heterocycles. The fraction of sp³-hybridized carbons (Fsp3) is 0.200. The van der Waals surface area contributed by atoms with Crippen LogP contribution in [0, 0.1) is 0 Å². The minimum Gasteiger partial charge on any atom is -0.302 e. The Hall–Kier alpha value is -2.26. The van der Waals surface area contributed by atoms with Crippen molar-refractivity contribution in [1.29, 1.82) is 0 Å². The molecule has 0 unspecified atom stereocenters. The lowest BCUT2D eigenvalue weighted by Gasteiger charge is -2.17. The molecule has 1 nitrogen and oxygen atoms in total. The smallest absolute Gasteiger partial charge is 0.242 e. The quantitative estimate of drug-likeness (QED) is 0.844. The third kappa shape index (κ3) is 3.10. The van der Waals surface area contributed by atoms with Crippen molar-refractivity contribution in [3.05, 3.63) is 83.9 Å². The van der Waals surface area contributed by atoms with E-state index in [4.69, 9.17) is 0 Å². The van der Waals surface area contributed by atoms with Crippen LogP contribution in [-0.2, 0) is 13.0 Å². The van der Waals surface area contributed by atoms with E-state index in [1.165, 1.54) is 0 Å². The van der Waals surface area contributed by atoms with E-state index >= 15 is 0 Å². The zero-order chi connectivity index (χ0) is 16.4. The van der Waals surface area contributed by atoms with E-state index in [-0.39, 0.29) is 12.5 Å². The fourth-order valence-corrected chi connectivity index (χ4v) is 3.12. The first-order valence-electron chi connectivity index (χ1n) is 7.63. The van der Waals surface area contributed by atoms with E-state index in [9.17, 15) is 8.78 Å². The molecule has 0 heterocycles. The van der Waals surface area contributed by atoms with Crippen molar-refractivity contribution in [2.24, 2.45) is 0 Å². The second kappa shape index (κ2) is 6.47. The van der Waals surface area contributed by atoms with Crippen LogP contribution in [0.15, 0.2) is 61.7 Å². The Balaban J connectivity index is 1.75. The molecule has 0 radical (unpaired) electrons. The topological polar surface area (TPSA) is 12.0 Å². The lowest BCUT2D eigenvalue weighted by molar-refractivity contribution is 0.148. The standard InChI is InChI=1S/C20H19F2N/c1-13-17-9-5-6-10-18(17)14(2)20(13)23-12-16-8-4-3-7-15(16)11-19(21)22/h3-10,19-20,23H,1-2,11-12H2. The molecular weight excluding hydrogens is 292 g/mol. The first kappa shape index (κ1) is 15.6. The predicted octanol–water partition coefficient (Wildman–Crippen LogP) is 4.69. The molecule has 0 atom stereocenters. The van der Waals surface area contributed by atoms with E-state index in [2.05, 4.69) is 18.5 Å². The molecule has 0 bridgehead atoms.